The summed E-state index contributed by atoms with van der Waals surface area (Å²) in [5, 5.41) is 3.31. The molecule has 2 atom stereocenters. The van der Waals surface area contributed by atoms with Gasteiger partial charge in [-0.25, -0.2) is 4.39 Å². The molecule has 2 heteroatoms. The van der Waals surface area contributed by atoms with Crippen LogP contribution in [0.5, 0.6) is 0 Å². The smallest absolute Gasteiger partial charge is 0.110 e. The van der Waals surface area contributed by atoms with Gasteiger partial charge in [-0.1, -0.05) is 6.92 Å². The Bertz CT molecular complexity index is 126. The fourth-order valence-corrected chi connectivity index (χ4v) is 1.91. The van der Waals surface area contributed by atoms with Gasteiger partial charge in [0.25, 0.3) is 0 Å². The Kier molecular flexibility index (Phi) is 3.51. The van der Waals surface area contributed by atoms with Crippen molar-refractivity contribution in [2.45, 2.75) is 45.2 Å². The number of hydrogen-bond acceptors (Lipinski definition) is 1. The van der Waals surface area contributed by atoms with E-state index in [0.717, 1.165) is 32.4 Å². The van der Waals surface area contributed by atoms with Gasteiger partial charge in [-0.2, -0.15) is 0 Å². The van der Waals surface area contributed by atoms with E-state index in [1.165, 1.54) is 0 Å². The first-order valence-corrected chi connectivity index (χ1v) is 5.06. The molecular formula is C10H20FN. The lowest BCUT2D eigenvalue weighted by Gasteiger charge is -2.28. The van der Waals surface area contributed by atoms with Crippen molar-refractivity contribution < 1.29 is 4.39 Å². The van der Waals surface area contributed by atoms with E-state index in [1.807, 2.05) is 6.92 Å². The Morgan fingerprint density at radius 3 is 2.83 bits per heavy atom. The van der Waals surface area contributed by atoms with Crippen molar-refractivity contribution in [3.63, 3.8) is 0 Å². The fraction of sp³-hybridized carbons (Fsp3) is 1.00. The number of hydrogen-bond donors (Lipinski definition) is 1. The average Bonchev–Trinajstić information content (AvgIpc) is 2.32. The van der Waals surface area contributed by atoms with Crippen LogP contribution in [0.25, 0.3) is 0 Å². The van der Waals surface area contributed by atoms with Crippen LogP contribution in [0.2, 0.25) is 0 Å². The zero-order chi connectivity index (χ0) is 9.03. The van der Waals surface area contributed by atoms with Crippen molar-refractivity contribution in [1.29, 1.82) is 0 Å². The van der Waals surface area contributed by atoms with Gasteiger partial charge in [0.1, 0.15) is 5.67 Å². The molecule has 0 aromatic heterocycles. The summed E-state index contributed by atoms with van der Waals surface area (Å²) >= 11 is 0. The molecule has 2 unspecified atom stereocenters. The highest BCUT2D eigenvalue weighted by molar-refractivity contribution is 4.83. The van der Waals surface area contributed by atoms with Gasteiger partial charge in [-0.05, 0) is 51.6 Å². The molecule has 0 aromatic rings. The van der Waals surface area contributed by atoms with Gasteiger partial charge in [0.2, 0.25) is 0 Å². The van der Waals surface area contributed by atoms with Crippen LogP contribution in [0.1, 0.15) is 39.5 Å². The van der Waals surface area contributed by atoms with Gasteiger partial charge in [0.05, 0.1) is 0 Å². The van der Waals surface area contributed by atoms with Crippen molar-refractivity contribution in [2.75, 3.05) is 13.1 Å². The molecule has 12 heavy (non-hydrogen) atoms. The summed E-state index contributed by atoms with van der Waals surface area (Å²) in [6, 6.07) is 0. The van der Waals surface area contributed by atoms with Crippen LogP contribution in [0.4, 0.5) is 4.39 Å². The Balaban J connectivity index is 2.47. The molecular weight excluding hydrogens is 153 g/mol. The number of nitrogens with one attached hydrogen (secondary N) is 1. The third-order valence-corrected chi connectivity index (χ3v) is 3.12. The van der Waals surface area contributed by atoms with Gasteiger partial charge in [-0.15, -0.1) is 0 Å². The standard InChI is InChI=1S/C10H20FN/c1-3-10(2,11)9-5-4-7-12-8-6-9/h9,12H,3-8H2,1-2H3. The second-order valence-corrected chi connectivity index (χ2v) is 4.01. The van der Waals surface area contributed by atoms with E-state index in [9.17, 15) is 4.39 Å². The van der Waals surface area contributed by atoms with E-state index in [0.29, 0.717) is 6.42 Å². The monoisotopic (exact) mass is 173 g/mol. The molecule has 1 nitrogen and oxygen atoms in total. The molecule has 0 bridgehead atoms. The van der Waals surface area contributed by atoms with E-state index >= 15 is 0 Å². The van der Waals surface area contributed by atoms with Crippen LogP contribution in [-0.2, 0) is 0 Å². The zero-order valence-corrected chi connectivity index (χ0v) is 8.20. The molecule has 72 valence electrons. The van der Waals surface area contributed by atoms with Gasteiger partial charge in [-0.3, -0.25) is 0 Å². The molecule has 0 radical (unpaired) electrons. The predicted octanol–water partition coefficient (Wildman–Crippen LogP) is 2.51. The van der Waals surface area contributed by atoms with Gasteiger partial charge in [0, 0.05) is 0 Å². The van der Waals surface area contributed by atoms with Crippen LogP contribution in [0.3, 0.4) is 0 Å². The largest absolute Gasteiger partial charge is 0.317 e. The van der Waals surface area contributed by atoms with Gasteiger partial charge in [0.15, 0.2) is 0 Å². The van der Waals surface area contributed by atoms with Gasteiger partial charge < -0.3 is 5.32 Å². The molecule has 0 amide bonds. The lowest BCUT2D eigenvalue weighted by Crippen LogP contribution is -2.29. The molecule has 1 rings (SSSR count). The molecule has 1 heterocycles. The van der Waals surface area contributed by atoms with Crippen LogP contribution in [0.15, 0.2) is 0 Å². The summed E-state index contributed by atoms with van der Waals surface area (Å²) < 4.78 is 13.9. The summed E-state index contributed by atoms with van der Waals surface area (Å²) in [5.41, 5.74) is -0.938. The maximum Gasteiger partial charge on any atom is 0.110 e. The van der Waals surface area contributed by atoms with Crippen LogP contribution >= 0.6 is 0 Å². The Morgan fingerprint density at radius 1 is 1.42 bits per heavy atom. The molecule has 1 aliphatic rings. The minimum absolute atomic E-state index is 0.275. The maximum atomic E-state index is 13.9. The van der Waals surface area contributed by atoms with Gasteiger partial charge >= 0.3 is 0 Å². The minimum atomic E-state index is -0.938. The summed E-state index contributed by atoms with van der Waals surface area (Å²) in [7, 11) is 0. The number of alkyl halides is 1. The van der Waals surface area contributed by atoms with E-state index < -0.39 is 5.67 Å². The second kappa shape index (κ2) is 4.22. The average molecular weight is 173 g/mol. The first kappa shape index (κ1) is 9.97. The second-order valence-electron chi connectivity index (χ2n) is 4.01. The van der Waals surface area contributed by atoms with Crippen molar-refractivity contribution in [2.24, 2.45) is 5.92 Å². The molecule has 0 saturated carbocycles. The zero-order valence-electron chi connectivity index (χ0n) is 8.20. The number of rotatable bonds is 2. The fourth-order valence-electron chi connectivity index (χ4n) is 1.91. The quantitative estimate of drug-likeness (QED) is 0.676. The Morgan fingerprint density at radius 2 is 2.17 bits per heavy atom. The first-order valence-electron chi connectivity index (χ1n) is 5.06. The highest BCUT2D eigenvalue weighted by Crippen LogP contribution is 2.32. The van der Waals surface area contributed by atoms with Crippen LogP contribution < -0.4 is 5.32 Å². The third-order valence-electron chi connectivity index (χ3n) is 3.12. The minimum Gasteiger partial charge on any atom is -0.317 e. The highest BCUT2D eigenvalue weighted by Gasteiger charge is 2.32. The van der Waals surface area contributed by atoms with Crippen molar-refractivity contribution >= 4 is 0 Å². The van der Waals surface area contributed by atoms with Crippen LogP contribution in [0, 0.1) is 5.92 Å². The summed E-state index contributed by atoms with van der Waals surface area (Å²) in [6.45, 7) is 5.75. The van der Waals surface area contributed by atoms with E-state index in [2.05, 4.69) is 5.32 Å². The SMILES string of the molecule is CCC(C)(F)C1CCCNCC1. The van der Waals surface area contributed by atoms with Crippen LogP contribution in [-0.4, -0.2) is 18.8 Å². The van der Waals surface area contributed by atoms with Crippen molar-refractivity contribution in [3.05, 3.63) is 0 Å². The Labute approximate surface area is 74.7 Å². The molecule has 1 aliphatic heterocycles. The predicted molar refractivity (Wildman–Crippen MR) is 50.0 cm³/mol. The maximum absolute atomic E-state index is 13.9. The summed E-state index contributed by atoms with van der Waals surface area (Å²) in [6.07, 6.45) is 3.83. The molecule has 0 spiro atoms. The van der Waals surface area contributed by atoms with Crippen molar-refractivity contribution in [3.8, 4) is 0 Å². The lowest BCUT2D eigenvalue weighted by atomic mass is 9.83. The normalized spacial score (nSPS) is 30.8. The molecule has 0 aromatic carbocycles. The highest BCUT2D eigenvalue weighted by atomic mass is 19.1. The van der Waals surface area contributed by atoms with E-state index in [4.69, 9.17) is 0 Å². The first-order chi connectivity index (χ1) is 5.67. The van der Waals surface area contributed by atoms with E-state index in [1.54, 1.807) is 6.92 Å². The van der Waals surface area contributed by atoms with Crippen molar-refractivity contribution in [1.82, 2.24) is 5.32 Å². The lowest BCUT2D eigenvalue weighted by molar-refractivity contribution is 0.0881. The molecule has 0 aliphatic carbocycles. The molecule has 1 fully saturated rings. The molecule has 1 N–H and O–H groups in total. The third kappa shape index (κ3) is 2.44. The topological polar surface area (TPSA) is 12.0 Å². The Hall–Kier alpha value is -0.110. The summed E-state index contributed by atoms with van der Waals surface area (Å²) in [5.74, 6) is 0.275. The molecule has 1 saturated heterocycles. The summed E-state index contributed by atoms with van der Waals surface area (Å²) in [4.78, 5) is 0. The van der Waals surface area contributed by atoms with E-state index in [-0.39, 0.29) is 5.92 Å². The number of halogens is 1.